The lowest BCUT2D eigenvalue weighted by atomic mass is 9.95. The van der Waals surface area contributed by atoms with E-state index in [2.05, 4.69) is 0 Å². The highest BCUT2D eigenvalue weighted by Gasteiger charge is 2.44. The smallest absolute Gasteiger partial charge is 0.418 e. The van der Waals surface area contributed by atoms with Gasteiger partial charge < -0.3 is 21.3 Å². The maximum atomic E-state index is 12.5. The second kappa shape index (κ2) is 9.79. The van der Waals surface area contributed by atoms with Crippen molar-refractivity contribution in [1.82, 2.24) is 4.90 Å². The minimum Gasteiger partial charge on any atom is -0.479 e. The first-order valence-corrected chi connectivity index (χ1v) is 8.39. The van der Waals surface area contributed by atoms with E-state index in [4.69, 9.17) is 16.2 Å². The molecule has 1 aromatic rings. The van der Waals surface area contributed by atoms with Crippen LogP contribution in [-0.2, 0) is 25.7 Å². The summed E-state index contributed by atoms with van der Waals surface area (Å²) in [6.45, 7) is 4.30. The number of aliphatic carboxylic acids is 1. The summed E-state index contributed by atoms with van der Waals surface area (Å²) in [6, 6.07) is 4.04. The number of carbonyl (C=O) groups excluding carboxylic acids is 3. The first-order chi connectivity index (χ1) is 12.6. The fourth-order valence-corrected chi connectivity index (χ4v) is 2.20. The zero-order valence-electron chi connectivity index (χ0n) is 15.5. The lowest BCUT2D eigenvalue weighted by Crippen LogP contribution is -2.60. The lowest BCUT2D eigenvalue weighted by molar-refractivity contribution is -0.154. The predicted molar refractivity (Wildman–Crippen MR) is 96.4 cm³/mol. The number of ether oxygens (including phenoxy) is 1. The van der Waals surface area contributed by atoms with Gasteiger partial charge >= 0.3 is 12.1 Å². The van der Waals surface area contributed by atoms with E-state index in [1.807, 2.05) is 0 Å². The quantitative estimate of drug-likeness (QED) is 0.552. The van der Waals surface area contributed by atoms with Gasteiger partial charge in [0.25, 0.3) is 0 Å². The number of benzene rings is 1. The maximum absolute atomic E-state index is 12.5. The van der Waals surface area contributed by atoms with Gasteiger partial charge in [0.05, 0.1) is 12.1 Å². The first kappa shape index (κ1) is 22.3. The minimum atomic E-state index is -2.12. The lowest BCUT2D eigenvalue weighted by Gasteiger charge is -2.29. The summed E-state index contributed by atoms with van der Waals surface area (Å²) < 4.78 is 5.04. The number of carbonyl (C=O) groups is 4. The molecule has 0 saturated carbocycles. The zero-order valence-corrected chi connectivity index (χ0v) is 15.5. The average molecular weight is 379 g/mol. The van der Waals surface area contributed by atoms with Crippen LogP contribution in [0.4, 0.5) is 4.79 Å². The fourth-order valence-electron chi connectivity index (χ4n) is 2.20. The zero-order chi connectivity index (χ0) is 20.7. The molecule has 1 rings (SSSR count). The fraction of sp³-hybridized carbons (Fsp3) is 0.444. The Morgan fingerprint density at radius 1 is 1.07 bits per heavy atom. The minimum absolute atomic E-state index is 0.209. The van der Waals surface area contributed by atoms with Crippen LogP contribution >= 0.6 is 0 Å². The molecule has 0 aliphatic rings. The number of carboxylic acids is 1. The molecule has 148 valence electrons. The van der Waals surface area contributed by atoms with E-state index in [-0.39, 0.29) is 11.5 Å². The first-order valence-electron chi connectivity index (χ1n) is 8.39. The molecule has 1 aromatic carbocycles. The molecule has 9 heteroatoms. The highest BCUT2D eigenvalue weighted by atomic mass is 16.6. The molecular formula is C18H25N3O6. The van der Waals surface area contributed by atoms with Crippen LogP contribution in [0.25, 0.3) is 0 Å². The van der Waals surface area contributed by atoms with Crippen LogP contribution in [0.5, 0.6) is 0 Å². The highest BCUT2D eigenvalue weighted by Crippen LogP contribution is 2.13. The summed E-state index contributed by atoms with van der Waals surface area (Å²) in [5.74, 6) is -4.12. The Kier molecular flexibility index (Phi) is 8.07. The van der Waals surface area contributed by atoms with E-state index in [1.165, 1.54) is 6.92 Å². The molecule has 9 nitrogen and oxygen atoms in total. The van der Waals surface area contributed by atoms with Crippen LogP contribution in [-0.4, -0.2) is 51.9 Å². The molecule has 2 amide bonds. The van der Waals surface area contributed by atoms with Crippen LogP contribution in [0.2, 0.25) is 0 Å². The van der Waals surface area contributed by atoms with Crippen molar-refractivity contribution in [3.8, 4) is 0 Å². The van der Waals surface area contributed by atoms with Crippen molar-refractivity contribution in [2.45, 2.75) is 45.5 Å². The third-order valence-corrected chi connectivity index (χ3v) is 3.84. The molecular weight excluding hydrogens is 354 g/mol. The van der Waals surface area contributed by atoms with Gasteiger partial charge in [-0.15, -0.1) is 0 Å². The van der Waals surface area contributed by atoms with E-state index in [1.54, 1.807) is 44.2 Å². The Morgan fingerprint density at radius 3 is 2.07 bits per heavy atom. The van der Waals surface area contributed by atoms with Gasteiger partial charge in [-0.05, 0) is 18.4 Å². The molecule has 0 aliphatic carbocycles. The molecule has 3 unspecified atom stereocenters. The molecule has 3 atom stereocenters. The number of nitrogens with zero attached hydrogens (tertiary/aromatic N) is 1. The van der Waals surface area contributed by atoms with Crippen LogP contribution in [0, 0.1) is 5.92 Å². The number of hydrogen-bond donors (Lipinski definition) is 3. The van der Waals surface area contributed by atoms with Crippen molar-refractivity contribution < 1.29 is 29.0 Å². The van der Waals surface area contributed by atoms with Gasteiger partial charge in [-0.2, -0.15) is 0 Å². The second-order valence-corrected chi connectivity index (χ2v) is 6.45. The van der Waals surface area contributed by atoms with Crippen molar-refractivity contribution in [3.63, 3.8) is 0 Å². The van der Waals surface area contributed by atoms with Gasteiger partial charge in [0, 0.05) is 0 Å². The van der Waals surface area contributed by atoms with Gasteiger partial charge in [0.15, 0.2) is 11.8 Å². The number of hydrogen-bond acceptors (Lipinski definition) is 7. The number of amides is 2. The van der Waals surface area contributed by atoms with Crippen LogP contribution in [0.3, 0.4) is 0 Å². The third kappa shape index (κ3) is 5.87. The van der Waals surface area contributed by atoms with Crippen molar-refractivity contribution in [2.24, 2.45) is 17.4 Å². The molecule has 0 bridgehead atoms. The van der Waals surface area contributed by atoms with Crippen molar-refractivity contribution in [1.29, 1.82) is 0 Å². The summed E-state index contributed by atoms with van der Waals surface area (Å²) in [7, 11) is 0. The molecule has 0 fully saturated rings. The summed E-state index contributed by atoms with van der Waals surface area (Å²) in [4.78, 5) is 49.3. The van der Waals surface area contributed by atoms with Crippen molar-refractivity contribution in [3.05, 3.63) is 35.9 Å². The van der Waals surface area contributed by atoms with Gasteiger partial charge in [-0.3, -0.25) is 9.59 Å². The number of carboxylic acid groups (broad SMARTS) is 1. The molecule has 27 heavy (non-hydrogen) atoms. The SMILES string of the molecule is CC(N)C(=O)N(C(=O)OCc1ccccc1)C(C(=O)O)C(=O)C(N)C(C)C. The molecule has 0 saturated heterocycles. The van der Waals surface area contributed by atoms with Gasteiger partial charge in [-0.1, -0.05) is 44.2 Å². The number of Topliss-reactive ketones (excluding diaryl/α,β-unsaturated/α-hetero) is 1. The number of ketones is 1. The van der Waals surface area contributed by atoms with E-state index < -0.39 is 47.8 Å². The van der Waals surface area contributed by atoms with Crippen LogP contribution in [0.1, 0.15) is 26.3 Å². The third-order valence-electron chi connectivity index (χ3n) is 3.84. The van der Waals surface area contributed by atoms with Crippen molar-refractivity contribution in [2.75, 3.05) is 0 Å². The Balaban J connectivity index is 3.15. The topological polar surface area (TPSA) is 153 Å². The highest BCUT2D eigenvalue weighted by molar-refractivity contribution is 6.11. The Labute approximate surface area is 157 Å². The standard InChI is InChI=1S/C18H25N3O6/c1-10(2)13(20)15(22)14(17(24)25)21(16(23)11(3)19)18(26)27-9-12-7-5-4-6-8-12/h4-8,10-11,13-14H,9,19-20H2,1-3H3,(H,24,25). The summed E-state index contributed by atoms with van der Waals surface area (Å²) in [5.41, 5.74) is 11.9. The molecule has 5 N–H and O–H groups in total. The maximum Gasteiger partial charge on any atom is 0.418 e. The van der Waals surface area contributed by atoms with E-state index in [0.717, 1.165) is 0 Å². The molecule has 0 spiro atoms. The Morgan fingerprint density at radius 2 is 1.63 bits per heavy atom. The van der Waals surface area contributed by atoms with E-state index >= 15 is 0 Å². The Hall–Kier alpha value is -2.78. The Bertz CT molecular complexity index is 690. The van der Waals surface area contributed by atoms with Crippen molar-refractivity contribution >= 4 is 23.8 Å². The monoisotopic (exact) mass is 379 g/mol. The van der Waals surface area contributed by atoms with Gasteiger partial charge in [0.2, 0.25) is 5.91 Å². The summed E-state index contributed by atoms with van der Waals surface area (Å²) in [6.07, 6.45) is -1.28. The summed E-state index contributed by atoms with van der Waals surface area (Å²) in [5, 5.41) is 9.49. The molecule has 0 heterocycles. The van der Waals surface area contributed by atoms with Crippen LogP contribution < -0.4 is 11.5 Å². The average Bonchev–Trinajstić information content (AvgIpc) is 2.62. The van der Waals surface area contributed by atoms with Gasteiger partial charge in [-0.25, -0.2) is 14.5 Å². The predicted octanol–water partition coefficient (Wildman–Crippen LogP) is 0.505. The molecule has 0 aliphatic heterocycles. The normalized spacial score (nSPS) is 14.1. The molecule has 0 radical (unpaired) electrons. The van der Waals surface area contributed by atoms with E-state index in [9.17, 15) is 24.3 Å². The molecule has 0 aromatic heterocycles. The van der Waals surface area contributed by atoms with Gasteiger partial charge in [0.1, 0.15) is 6.61 Å². The number of nitrogens with two attached hydrogens (primary N) is 2. The second-order valence-electron chi connectivity index (χ2n) is 6.45. The summed E-state index contributed by atoms with van der Waals surface area (Å²) >= 11 is 0. The largest absolute Gasteiger partial charge is 0.479 e. The number of imide groups is 1. The van der Waals surface area contributed by atoms with Crippen LogP contribution in [0.15, 0.2) is 30.3 Å². The number of rotatable bonds is 8. The van der Waals surface area contributed by atoms with E-state index in [0.29, 0.717) is 5.56 Å².